The number of hydrogen-bond donors (Lipinski definition) is 2. The fraction of sp³-hybridized carbons (Fsp3) is 0.100. The molecule has 0 aliphatic rings. The number of nitrogens with two attached hydrogens (primary N) is 1. The van der Waals surface area contributed by atoms with E-state index in [1.807, 2.05) is 35.8 Å². The summed E-state index contributed by atoms with van der Waals surface area (Å²) in [5, 5.41) is 0. The van der Waals surface area contributed by atoms with Crippen molar-refractivity contribution in [3.05, 3.63) is 42.3 Å². The van der Waals surface area contributed by atoms with Crippen LogP contribution in [0.3, 0.4) is 0 Å². The van der Waals surface area contributed by atoms with Crippen LogP contribution < -0.4 is 11.2 Å². The number of nitrogens with one attached hydrogen (secondary N) is 1. The third-order valence-electron chi connectivity index (χ3n) is 1.62. The maximum Gasteiger partial charge on any atom is 0.428 e. The molecule has 1 aromatic carbocycles. The molecule has 5 heteroatoms. The topological polar surface area (TPSA) is 81.4 Å². The van der Waals surface area contributed by atoms with Crippen LogP contribution in [-0.4, -0.2) is 12.0 Å². The van der Waals surface area contributed by atoms with Crippen LogP contribution in [0.2, 0.25) is 0 Å². The lowest BCUT2D eigenvalue weighted by Crippen LogP contribution is -2.30. The Balaban J connectivity index is 2.26. The fourth-order valence-corrected chi connectivity index (χ4v) is 0.967. The molecule has 0 atom stereocenters. The lowest BCUT2D eigenvalue weighted by atomic mass is 10.1. The van der Waals surface area contributed by atoms with E-state index in [0.29, 0.717) is 6.42 Å². The summed E-state index contributed by atoms with van der Waals surface area (Å²) in [7, 11) is 0. The molecular formula is C10H11N2O3. The number of carbonyl (C=O) groups excluding carboxylic acids is 2. The Hall–Kier alpha value is -2.04. The highest BCUT2D eigenvalue weighted by Gasteiger charge is 2.03. The standard InChI is InChI=1S/C10H11N2O3/c11-10(14)15-12-9(13)7-6-8-4-2-1-3-5-8/h1-5,7H,6H2,(H2,11,14)(H,12,13). The van der Waals surface area contributed by atoms with Gasteiger partial charge in [-0.2, -0.15) is 5.48 Å². The van der Waals surface area contributed by atoms with E-state index in [-0.39, 0.29) is 0 Å². The third-order valence-corrected chi connectivity index (χ3v) is 1.62. The second kappa shape index (κ2) is 5.64. The molecule has 0 unspecified atom stereocenters. The number of rotatable bonds is 3. The van der Waals surface area contributed by atoms with Crippen LogP contribution in [0.5, 0.6) is 0 Å². The monoisotopic (exact) mass is 207 g/mol. The zero-order valence-electron chi connectivity index (χ0n) is 7.97. The number of amides is 2. The quantitative estimate of drug-likeness (QED) is 0.710. The van der Waals surface area contributed by atoms with Gasteiger partial charge in [-0.3, -0.25) is 4.79 Å². The molecule has 0 spiro atoms. The Labute approximate surface area is 87.2 Å². The van der Waals surface area contributed by atoms with Crippen molar-refractivity contribution in [1.82, 2.24) is 5.48 Å². The molecule has 15 heavy (non-hydrogen) atoms. The molecule has 79 valence electrons. The van der Waals surface area contributed by atoms with Crippen molar-refractivity contribution < 1.29 is 14.4 Å². The van der Waals surface area contributed by atoms with E-state index in [4.69, 9.17) is 0 Å². The fourth-order valence-electron chi connectivity index (χ4n) is 0.967. The molecule has 5 nitrogen and oxygen atoms in total. The van der Waals surface area contributed by atoms with Crippen LogP contribution in [0.15, 0.2) is 30.3 Å². The lowest BCUT2D eigenvalue weighted by molar-refractivity contribution is -0.125. The van der Waals surface area contributed by atoms with E-state index in [0.717, 1.165) is 5.56 Å². The summed E-state index contributed by atoms with van der Waals surface area (Å²) in [6.07, 6.45) is 0.782. The summed E-state index contributed by atoms with van der Waals surface area (Å²) < 4.78 is 0. The predicted octanol–water partition coefficient (Wildman–Crippen LogP) is 0.560. The normalized spacial score (nSPS) is 9.33. The van der Waals surface area contributed by atoms with Gasteiger partial charge >= 0.3 is 6.09 Å². The summed E-state index contributed by atoms with van der Waals surface area (Å²) in [4.78, 5) is 25.3. The minimum absolute atomic E-state index is 0.467. The van der Waals surface area contributed by atoms with Crippen LogP contribution in [0.1, 0.15) is 5.56 Å². The van der Waals surface area contributed by atoms with Gasteiger partial charge in [-0.05, 0) is 12.0 Å². The van der Waals surface area contributed by atoms with Crippen LogP contribution in [0, 0.1) is 6.42 Å². The largest absolute Gasteiger partial charge is 0.428 e. The molecule has 0 heterocycles. The summed E-state index contributed by atoms with van der Waals surface area (Å²) in [5.41, 5.74) is 7.53. The van der Waals surface area contributed by atoms with Gasteiger partial charge in [-0.15, -0.1) is 0 Å². The van der Waals surface area contributed by atoms with Crippen molar-refractivity contribution in [2.45, 2.75) is 6.42 Å². The maximum atomic E-state index is 11.0. The van der Waals surface area contributed by atoms with Gasteiger partial charge < -0.3 is 10.6 Å². The van der Waals surface area contributed by atoms with E-state index in [9.17, 15) is 9.59 Å². The van der Waals surface area contributed by atoms with Gasteiger partial charge in [0.1, 0.15) is 0 Å². The Morgan fingerprint density at radius 2 is 2.00 bits per heavy atom. The molecule has 0 aliphatic heterocycles. The molecular weight excluding hydrogens is 196 g/mol. The van der Waals surface area contributed by atoms with Gasteiger partial charge in [0, 0.05) is 0 Å². The molecule has 1 rings (SSSR count). The Kier molecular flexibility index (Phi) is 4.15. The van der Waals surface area contributed by atoms with Crippen LogP contribution in [0.25, 0.3) is 0 Å². The zero-order valence-corrected chi connectivity index (χ0v) is 7.97. The number of primary amides is 1. The highest BCUT2D eigenvalue weighted by Crippen LogP contribution is 2.01. The number of carbonyl (C=O) groups is 2. The molecule has 1 radical (unpaired) electrons. The minimum atomic E-state index is -1.04. The average molecular weight is 207 g/mol. The van der Waals surface area contributed by atoms with Crippen molar-refractivity contribution in [3.63, 3.8) is 0 Å². The summed E-state index contributed by atoms with van der Waals surface area (Å²) in [5.74, 6) is -0.502. The van der Waals surface area contributed by atoms with Gasteiger partial charge in [0.15, 0.2) is 0 Å². The van der Waals surface area contributed by atoms with Crippen LogP contribution in [0.4, 0.5) is 4.79 Å². The molecule has 0 aromatic heterocycles. The van der Waals surface area contributed by atoms with E-state index in [1.54, 1.807) is 0 Å². The van der Waals surface area contributed by atoms with Crippen molar-refractivity contribution in [1.29, 1.82) is 0 Å². The Morgan fingerprint density at radius 3 is 2.60 bits per heavy atom. The molecule has 1 aromatic rings. The van der Waals surface area contributed by atoms with E-state index < -0.39 is 12.0 Å². The molecule has 0 saturated heterocycles. The molecule has 0 fully saturated rings. The zero-order chi connectivity index (χ0) is 11.1. The van der Waals surface area contributed by atoms with Gasteiger partial charge in [0.2, 0.25) is 0 Å². The average Bonchev–Trinajstić information content (AvgIpc) is 2.25. The first-order valence-corrected chi connectivity index (χ1v) is 4.32. The summed E-state index contributed by atoms with van der Waals surface area (Å²) in [6, 6.07) is 9.42. The van der Waals surface area contributed by atoms with Crippen LogP contribution in [-0.2, 0) is 16.1 Å². The van der Waals surface area contributed by atoms with Gasteiger partial charge in [0.25, 0.3) is 5.91 Å². The van der Waals surface area contributed by atoms with Crippen LogP contribution >= 0.6 is 0 Å². The lowest BCUT2D eigenvalue weighted by Gasteiger charge is -2.02. The number of hydrogen-bond acceptors (Lipinski definition) is 3. The van der Waals surface area contributed by atoms with Crippen molar-refractivity contribution >= 4 is 12.0 Å². The smallest absolute Gasteiger partial charge is 0.333 e. The Morgan fingerprint density at radius 1 is 1.33 bits per heavy atom. The first-order valence-electron chi connectivity index (χ1n) is 4.32. The summed E-state index contributed by atoms with van der Waals surface area (Å²) in [6.45, 7) is 0. The Bertz CT molecular complexity index is 338. The van der Waals surface area contributed by atoms with Crippen molar-refractivity contribution in [2.24, 2.45) is 5.73 Å². The van der Waals surface area contributed by atoms with Gasteiger partial charge in [0.05, 0.1) is 6.42 Å². The third kappa shape index (κ3) is 4.66. The molecule has 2 amide bonds. The summed E-state index contributed by atoms with van der Waals surface area (Å²) >= 11 is 0. The first kappa shape index (κ1) is 11.0. The second-order valence-corrected chi connectivity index (χ2v) is 2.78. The molecule has 0 saturated carbocycles. The molecule has 0 bridgehead atoms. The number of benzene rings is 1. The maximum absolute atomic E-state index is 11.0. The van der Waals surface area contributed by atoms with Crippen molar-refractivity contribution in [3.8, 4) is 0 Å². The highest BCUT2D eigenvalue weighted by molar-refractivity contribution is 5.85. The predicted molar refractivity (Wildman–Crippen MR) is 53.3 cm³/mol. The SMILES string of the molecule is NC(=O)ONC(=O)[CH]Cc1ccccc1. The number of hydroxylamine groups is 1. The van der Waals surface area contributed by atoms with E-state index in [1.165, 1.54) is 6.42 Å². The first-order chi connectivity index (χ1) is 7.18. The second-order valence-electron chi connectivity index (χ2n) is 2.78. The van der Waals surface area contributed by atoms with Crippen molar-refractivity contribution in [2.75, 3.05) is 0 Å². The van der Waals surface area contributed by atoms with Gasteiger partial charge in [-0.25, -0.2) is 4.79 Å². The molecule has 3 N–H and O–H groups in total. The molecule has 0 aliphatic carbocycles. The van der Waals surface area contributed by atoms with Gasteiger partial charge in [-0.1, -0.05) is 30.3 Å². The van der Waals surface area contributed by atoms with E-state index >= 15 is 0 Å². The van der Waals surface area contributed by atoms with E-state index in [2.05, 4.69) is 10.6 Å². The highest BCUT2D eigenvalue weighted by atomic mass is 16.7. The minimum Gasteiger partial charge on any atom is -0.333 e.